The highest BCUT2D eigenvalue weighted by Crippen LogP contribution is 2.29. The predicted octanol–water partition coefficient (Wildman–Crippen LogP) is 3.00. The molecule has 0 radical (unpaired) electrons. The minimum atomic E-state index is 0.435. The lowest BCUT2D eigenvalue weighted by atomic mass is 10.1. The van der Waals surface area contributed by atoms with E-state index in [0.29, 0.717) is 12.1 Å². The van der Waals surface area contributed by atoms with E-state index in [9.17, 15) is 5.26 Å². The number of para-hydroxylation sites is 1. The number of aromatic amines is 1. The number of nitrogens with zero attached hydrogens (tertiary/aromatic N) is 7. The third kappa shape index (κ3) is 3.16. The van der Waals surface area contributed by atoms with Gasteiger partial charge in [0.15, 0.2) is 5.65 Å². The maximum absolute atomic E-state index is 9.29. The van der Waals surface area contributed by atoms with Gasteiger partial charge in [0.05, 0.1) is 23.5 Å². The number of anilines is 1. The molecular formula is C21H17N9. The Morgan fingerprint density at radius 1 is 1.17 bits per heavy atom. The van der Waals surface area contributed by atoms with Gasteiger partial charge in [-0.1, -0.05) is 12.1 Å². The molecule has 0 aliphatic rings. The van der Waals surface area contributed by atoms with Crippen molar-refractivity contribution in [3.05, 3.63) is 72.6 Å². The number of nitriles is 1. The molecule has 0 saturated carbocycles. The SMILES string of the molecule is Cn1ccc(-c2nc(CNc3ccccc3C#N)[nH]c2-c2ccc3ncnn3c2)n1. The van der Waals surface area contributed by atoms with Gasteiger partial charge in [-0.25, -0.2) is 14.5 Å². The summed E-state index contributed by atoms with van der Waals surface area (Å²) in [6.07, 6.45) is 5.31. The van der Waals surface area contributed by atoms with E-state index < -0.39 is 0 Å². The number of aryl methyl sites for hydroxylation is 1. The largest absolute Gasteiger partial charge is 0.377 e. The minimum absolute atomic E-state index is 0.435. The van der Waals surface area contributed by atoms with E-state index >= 15 is 0 Å². The number of fused-ring (bicyclic) bond motifs is 1. The number of pyridine rings is 1. The van der Waals surface area contributed by atoms with Gasteiger partial charge in [-0.05, 0) is 30.3 Å². The van der Waals surface area contributed by atoms with E-state index in [-0.39, 0.29) is 0 Å². The molecule has 0 saturated heterocycles. The first-order valence-electron chi connectivity index (χ1n) is 9.33. The third-order valence-electron chi connectivity index (χ3n) is 4.77. The third-order valence-corrected chi connectivity index (χ3v) is 4.77. The molecule has 30 heavy (non-hydrogen) atoms. The zero-order valence-corrected chi connectivity index (χ0v) is 16.1. The van der Waals surface area contributed by atoms with Crippen LogP contribution in [0.15, 0.2) is 61.2 Å². The Labute approximate surface area is 171 Å². The Balaban J connectivity index is 1.54. The number of aromatic nitrogens is 7. The van der Waals surface area contributed by atoms with Crippen molar-refractivity contribution in [2.75, 3.05) is 5.32 Å². The first kappa shape index (κ1) is 17.6. The fourth-order valence-corrected chi connectivity index (χ4v) is 3.32. The molecule has 0 bridgehead atoms. The second-order valence-corrected chi connectivity index (χ2v) is 6.77. The van der Waals surface area contributed by atoms with E-state index in [1.807, 2.05) is 55.8 Å². The number of imidazole rings is 1. The molecule has 0 amide bonds. The number of rotatable bonds is 5. The summed E-state index contributed by atoms with van der Waals surface area (Å²) in [6.45, 7) is 0.435. The van der Waals surface area contributed by atoms with Gasteiger partial charge < -0.3 is 10.3 Å². The Morgan fingerprint density at radius 3 is 2.90 bits per heavy atom. The van der Waals surface area contributed by atoms with Crippen molar-refractivity contribution < 1.29 is 0 Å². The topological polar surface area (TPSA) is 113 Å². The van der Waals surface area contributed by atoms with E-state index in [0.717, 1.165) is 39.8 Å². The van der Waals surface area contributed by atoms with Crippen LogP contribution in [0.25, 0.3) is 28.3 Å². The fourth-order valence-electron chi connectivity index (χ4n) is 3.32. The first-order valence-corrected chi connectivity index (χ1v) is 9.33. The Bertz CT molecular complexity index is 1380. The molecule has 146 valence electrons. The number of hydrogen-bond acceptors (Lipinski definition) is 6. The van der Waals surface area contributed by atoms with Crippen LogP contribution in [0.3, 0.4) is 0 Å². The summed E-state index contributed by atoms with van der Waals surface area (Å²) in [5.74, 6) is 0.733. The summed E-state index contributed by atoms with van der Waals surface area (Å²) in [4.78, 5) is 12.4. The van der Waals surface area contributed by atoms with Crippen molar-refractivity contribution in [3.8, 4) is 28.7 Å². The maximum Gasteiger partial charge on any atom is 0.155 e. The van der Waals surface area contributed by atoms with Crippen LogP contribution in [-0.2, 0) is 13.6 Å². The Morgan fingerprint density at radius 2 is 2.07 bits per heavy atom. The molecule has 5 rings (SSSR count). The molecule has 9 heteroatoms. The van der Waals surface area contributed by atoms with Gasteiger partial charge >= 0.3 is 0 Å². The van der Waals surface area contributed by atoms with Gasteiger partial charge in [-0.2, -0.15) is 15.5 Å². The lowest BCUT2D eigenvalue weighted by Gasteiger charge is -2.05. The molecule has 4 heterocycles. The van der Waals surface area contributed by atoms with Gasteiger partial charge in [0.1, 0.15) is 29.6 Å². The molecule has 0 spiro atoms. The van der Waals surface area contributed by atoms with E-state index in [2.05, 4.69) is 31.6 Å². The molecule has 2 N–H and O–H groups in total. The molecule has 0 aliphatic carbocycles. The summed E-state index contributed by atoms with van der Waals surface area (Å²) >= 11 is 0. The van der Waals surface area contributed by atoms with Gasteiger partial charge in [-0.3, -0.25) is 4.68 Å². The molecule has 9 nitrogen and oxygen atoms in total. The zero-order chi connectivity index (χ0) is 20.5. The number of H-pyrrole nitrogens is 1. The number of benzene rings is 1. The second kappa shape index (κ2) is 7.18. The second-order valence-electron chi connectivity index (χ2n) is 6.77. The van der Waals surface area contributed by atoms with Crippen LogP contribution in [0, 0.1) is 11.3 Å². The number of hydrogen-bond donors (Lipinski definition) is 2. The van der Waals surface area contributed by atoms with Gasteiger partial charge in [0.2, 0.25) is 0 Å². The molecular weight excluding hydrogens is 378 g/mol. The molecule has 5 aromatic rings. The van der Waals surface area contributed by atoms with Gasteiger partial charge in [0, 0.05) is 25.0 Å². The Kier molecular flexibility index (Phi) is 4.22. The molecule has 0 unspecified atom stereocenters. The van der Waals surface area contributed by atoms with Crippen LogP contribution in [0.1, 0.15) is 11.4 Å². The van der Waals surface area contributed by atoms with Gasteiger partial charge in [0.25, 0.3) is 0 Å². The lowest BCUT2D eigenvalue weighted by Crippen LogP contribution is -2.02. The molecule has 0 atom stereocenters. The van der Waals surface area contributed by atoms with Crippen molar-refractivity contribution in [3.63, 3.8) is 0 Å². The van der Waals surface area contributed by atoms with Crippen molar-refractivity contribution in [2.24, 2.45) is 7.05 Å². The molecule has 1 aromatic carbocycles. The zero-order valence-electron chi connectivity index (χ0n) is 16.1. The first-order chi connectivity index (χ1) is 14.7. The fraction of sp³-hybridized carbons (Fsp3) is 0.0952. The normalized spacial score (nSPS) is 10.9. The van der Waals surface area contributed by atoms with Crippen LogP contribution in [0.4, 0.5) is 5.69 Å². The van der Waals surface area contributed by atoms with Gasteiger partial charge in [-0.15, -0.1) is 0 Å². The summed E-state index contributed by atoms with van der Waals surface area (Å²) in [5.41, 5.74) is 5.41. The Hall–Kier alpha value is -4.45. The average Bonchev–Trinajstić information content (AvgIpc) is 3.51. The average molecular weight is 395 g/mol. The minimum Gasteiger partial charge on any atom is -0.377 e. The summed E-state index contributed by atoms with van der Waals surface area (Å²) < 4.78 is 3.47. The van der Waals surface area contributed by atoms with Crippen molar-refractivity contribution in [2.45, 2.75) is 6.54 Å². The summed E-state index contributed by atoms with van der Waals surface area (Å²) in [7, 11) is 1.87. The molecule has 4 aromatic heterocycles. The van der Waals surface area contributed by atoms with Crippen LogP contribution >= 0.6 is 0 Å². The quantitative estimate of drug-likeness (QED) is 0.473. The standard InChI is InChI=1S/C21H17N9/c1-29-9-8-17(28-29)21-20(15-6-7-19-24-13-25-30(19)12-15)26-18(27-21)11-23-16-5-3-2-4-14(16)10-22/h2-9,12-13,23H,11H2,1H3,(H,26,27). The van der Waals surface area contributed by atoms with Crippen LogP contribution in [-0.4, -0.2) is 34.3 Å². The highest BCUT2D eigenvalue weighted by Gasteiger charge is 2.17. The highest BCUT2D eigenvalue weighted by molar-refractivity contribution is 5.77. The lowest BCUT2D eigenvalue weighted by molar-refractivity contribution is 0.770. The van der Waals surface area contributed by atoms with Crippen molar-refractivity contribution >= 4 is 11.3 Å². The van der Waals surface area contributed by atoms with Crippen LogP contribution < -0.4 is 5.32 Å². The van der Waals surface area contributed by atoms with Crippen molar-refractivity contribution in [1.29, 1.82) is 5.26 Å². The molecule has 0 fully saturated rings. The smallest absolute Gasteiger partial charge is 0.155 e. The van der Waals surface area contributed by atoms with Crippen LogP contribution in [0.2, 0.25) is 0 Å². The van der Waals surface area contributed by atoms with Crippen molar-refractivity contribution in [1.82, 2.24) is 34.3 Å². The highest BCUT2D eigenvalue weighted by atomic mass is 15.3. The molecule has 0 aliphatic heterocycles. The van der Waals surface area contributed by atoms with E-state index in [1.165, 1.54) is 6.33 Å². The maximum atomic E-state index is 9.29. The van der Waals surface area contributed by atoms with Crippen LogP contribution in [0.5, 0.6) is 0 Å². The summed E-state index contributed by atoms with van der Waals surface area (Å²) in [6, 6.07) is 15.4. The summed E-state index contributed by atoms with van der Waals surface area (Å²) in [5, 5.41) is 21.3. The van der Waals surface area contributed by atoms with E-state index in [1.54, 1.807) is 15.3 Å². The number of nitrogens with one attached hydrogen (secondary N) is 2. The monoisotopic (exact) mass is 395 g/mol. The predicted molar refractivity (Wildman–Crippen MR) is 111 cm³/mol. The van der Waals surface area contributed by atoms with E-state index in [4.69, 9.17) is 4.98 Å².